The van der Waals surface area contributed by atoms with E-state index in [1.807, 2.05) is 0 Å². The summed E-state index contributed by atoms with van der Waals surface area (Å²) >= 11 is 0. The molecule has 0 amide bonds. The van der Waals surface area contributed by atoms with Gasteiger partial charge in [0, 0.05) is 17.8 Å². The van der Waals surface area contributed by atoms with Gasteiger partial charge in [0.05, 0.1) is 19.3 Å². The highest BCUT2D eigenvalue weighted by molar-refractivity contribution is 4.99. The Bertz CT molecular complexity index is 418. The molecule has 2 saturated heterocycles. The molecule has 3 fully saturated rings. The van der Waals surface area contributed by atoms with E-state index in [4.69, 9.17) is 24.5 Å². The van der Waals surface area contributed by atoms with Crippen molar-refractivity contribution < 1.29 is 18.9 Å². The van der Waals surface area contributed by atoms with Crippen LogP contribution >= 0.6 is 0 Å². The van der Waals surface area contributed by atoms with Crippen molar-refractivity contribution in [2.75, 3.05) is 13.2 Å². The average molecular weight is 281 g/mol. The summed E-state index contributed by atoms with van der Waals surface area (Å²) in [5, 5.41) is 3.59. The predicted octanol–water partition coefficient (Wildman–Crippen LogP) is 2.28. The quantitative estimate of drug-likeness (QED) is 0.335. The Kier molecular flexibility index (Phi) is 3.96. The van der Waals surface area contributed by atoms with Gasteiger partial charge in [0.2, 0.25) is 0 Å². The summed E-state index contributed by atoms with van der Waals surface area (Å²) < 4.78 is 23.6. The lowest BCUT2D eigenvalue weighted by Gasteiger charge is -2.26. The highest BCUT2D eigenvalue weighted by Crippen LogP contribution is 2.47. The zero-order valence-corrected chi connectivity index (χ0v) is 11.3. The first-order valence-corrected chi connectivity index (χ1v) is 7.02. The zero-order chi connectivity index (χ0) is 14.0. The van der Waals surface area contributed by atoms with E-state index < -0.39 is 12.1 Å². The van der Waals surface area contributed by atoms with Crippen molar-refractivity contribution in [3.05, 3.63) is 23.1 Å². The van der Waals surface area contributed by atoms with Crippen LogP contribution in [0.4, 0.5) is 0 Å². The van der Waals surface area contributed by atoms with Crippen molar-refractivity contribution in [2.24, 2.45) is 5.11 Å². The van der Waals surface area contributed by atoms with E-state index in [0.717, 1.165) is 25.7 Å². The van der Waals surface area contributed by atoms with Gasteiger partial charge in [0.25, 0.3) is 0 Å². The molecule has 0 aromatic heterocycles. The van der Waals surface area contributed by atoms with Crippen LogP contribution in [0.15, 0.2) is 17.8 Å². The third-order valence-corrected chi connectivity index (χ3v) is 4.04. The van der Waals surface area contributed by atoms with Crippen LogP contribution in [0.3, 0.4) is 0 Å². The maximum absolute atomic E-state index is 8.47. The highest BCUT2D eigenvalue weighted by atomic mass is 16.8. The van der Waals surface area contributed by atoms with Gasteiger partial charge in [-0.25, -0.2) is 0 Å². The molecule has 0 radical (unpaired) electrons. The monoisotopic (exact) mass is 281 g/mol. The molecule has 3 rings (SSSR count). The number of rotatable bonds is 5. The number of fused-ring (bicyclic) bond motifs is 1. The second kappa shape index (κ2) is 5.71. The molecule has 1 spiro atoms. The largest absolute Gasteiger partial charge is 0.346 e. The molecule has 4 atom stereocenters. The number of ether oxygens (including phenoxy) is 4. The smallest absolute Gasteiger partial charge is 0.187 e. The number of hydrogen-bond donors (Lipinski definition) is 0. The molecule has 1 aliphatic carbocycles. The summed E-state index contributed by atoms with van der Waals surface area (Å²) in [6.45, 7) is 4.24. The topological polar surface area (TPSA) is 85.7 Å². The average Bonchev–Trinajstić information content (AvgIpc) is 3.13. The van der Waals surface area contributed by atoms with Crippen molar-refractivity contribution in [1.82, 2.24) is 0 Å². The lowest BCUT2D eigenvalue weighted by molar-refractivity contribution is -0.240. The maximum atomic E-state index is 8.47. The van der Waals surface area contributed by atoms with E-state index in [-0.39, 0.29) is 24.9 Å². The van der Waals surface area contributed by atoms with Gasteiger partial charge in [-0.2, -0.15) is 0 Å². The van der Waals surface area contributed by atoms with Crippen LogP contribution in [0.1, 0.15) is 25.7 Å². The van der Waals surface area contributed by atoms with Crippen molar-refractivity contribution in [3.8, 4) is 0 Å². The number of nitrogens with zero attached hydrogens (tertiary/aromatic N) is 3. The van der Waals surface area contributed by atoms with Gasteiger partial charge in [0.1, 0.15) is 12.2 Å². The Morgan fingerprint density at radius 2 is 2.10 bits per heavy atom. The summed E-state index contributed by atoms with van der Waals surface area (Å²) in [5.41, 5.74) is 8.47. The van der Waals surface area contributed by atoms with Gasteiger partial charge >= 0.3 is 0 Å². The molecule has 2 aliphatic heterocycles. The Morgan fingerprint density at radius 1 is 1.35 bits per heavy atom. The Balaban J connectivity index is 1.73. The molecule has 0 aromatic carbocycles. The summed E-state index contributed by atoms with van der Waals surface area (Å²) in [7, 11) is 0. The molecule has 0 N–H and O–H groups in total. The molecule has 3 aliphatic rings. The zero-order valence-electron chi connectivity index (χ0n) is 11.3. The van der Waals surface area contributed by atoms with Gasteiger partial charge in [-0.1, -0.05) is 11.2 Å². The predicted molar refractivity (Wildman–Crippen MR) is 69.8 cm³/mol. The minimum Gasteiger partial charge on any atom is -0.346 e. The fraction of sp³-hybridized carbons (Fsp3) is 0.846. The number of hydrogen-bond acceptors (Lipinski definition) is 5. The van der Waals surface area contributed by atoms with E-state index in [0.29, 0.717) is 6.61 Å². The third kappa shape index (κ3) is 2.43. The molecule has 2 heterocycles. The fourth-order valence-electron chi connectivity index (χ4n) is 3.19. The minimum atomic E-state index is -0.489. The minimum absolute atomic E-state index is 0.227. The van der Waals surface area contributed by atoms with E-state index in [1.54, 1.807) is 6.08 Å². The summed E-state index contributed by atoms with van der Waals surface area (Å²) in [6, 6.07) is 0. The van der Waals surface area contributed by atoms with Gasteiger partial charge < -0.3 is 18.9 Å². The summed E-state index contributed by atoms with van der Waals surface area (Å²) in [6.07, 6.45) is 4.41. The van der Waals surface area contributed by atoms with Crippen molar-refractivity contribution in [2.45, 2.75) is 56.1 Å². The summed E-state index contributed by atoms with van der Waals surface area (Å²) in [4.78, 5) is 2.78. The first kappa shape index (κ1) is 13.9. The lowest BCUT2D eigenvalue weighted by atomic mass is 10.1. The Hall–Kier alpha value is -1.11. The summed E-state index contributed by atoms with van der Waals surface area (Å²) in [5.74, 6) is -0.483. The van der Waals surface area contributed by atoms with Gasteiger partial charge in [0.15, 0.2) is 12.1 Å². The van der Waals surface area contributed by atoms with Crippen molar-refractivity contribution in [1.29, 1.82) is 0 Å². The van der Waals surface area contributed by atoms with Crippen LogP contribution in [0.5, 0.6) is 0 Å². The van der Waals surface area contributed by atoms with Crippen LogP contribution in [0, 0.1) is 0 Å². The first-order chi connectivity index (χ1) is 9.78. The highest BCUT2D eigenvalue weighted by Gasteiger charge is 2.58. The molecule has 0 unspecified atom stereocenters. The van der Waals surface area contributed by atoms with Crippen LogP contribution in [-0.2, 0) is 18.9 Å². The standard InChI is InChI=1S/C13H19N3O4/c1-2-7-17-12-11-10(9(18-12)8-15-16-14)19-13(20-11)5-3-4-6-13/h2,9-12H,1,3-8H2/t9-,10-,11-,12-/m1/s1. The van der Waals surface area contributed by atoms with Gasteiger partial charge in [-0.15, -0.1) is 6.58 Å². The van der Waals surface area contributed by atoms with Crippen LogP contribution in [0.25, 0.3) is 10.4 Å². The molecule has 7 heteroatoms. The molecule has 7 nitrogen and oxygen atoms in total. The molecular weight excluding hydrogens is 262 g/mol. The van der Waals surface area contributed by atoms with E-state index in [1.165, 1.54) is 0 Å². The molecular formula is C13H19N3O4. The number of azide groups is 1. The Morgan fingerprint density at radius 3 is 2.80 bits per heavy atom. The first-order valence-electron chi connectivity index (χ1n) is 7.02. The molecule has 20 heavy (non-hydrogen) atoms. The van der Waals surface area contributed by atoms with Crippen LogP contribution in [0.2, 0.25) is 0 Å². The molecule has 0 bridgehead atoms. The maximum Gasteiger partial charge on any atom is 0.187 e. The molecule has 1 saturated carbocycles. The van der Waals surface area contributed by atoms with E-state index in [9.17, 15) is 0 Å². The molecule has 110 valence electrons. The van der Waals surface area contributed by atoms with Crippen LogP contribution < -0.4 is 0 Å². The van der Waals surface area contributed by atoms with Crippen molar-refractivity contribution >= 4 is 0 Å². The fourth-order valence-corrected chi connectivity index (χ4v) is 3.19. The second-order valence-corrected chi connectivity index (χ2v) is 5.36. The van der Waals surface area contributed by atoms with Gasteiger partial charge in [-0.3, -0.25) is 0 Å². The Labute approximate surface area is 117 Å². The third-order valence-electron chi connectivity index (χ3n) is 4.04. The van der Waals surface area contributed by atoms with E-state index in [2.05, 4.69) is 16.6 Å². The lowest BCUT2D eigenvalue weighted by Crippen LogP contribution is -2.33. The van der Waals surface area contributed by atoms with Gasteiger partial charge in [-0.05, 0) is 18.4 Å². The SMILES string of the molecule is C=CCO[C@@H]1O[C@H](CN=[N+]=[N-])[C@H]2OC3(CCCC3)O[C@@H]12. The normalized spacial score (nSPS) is 37.8. The van der Waals surface area contributed by atoms with Crippen molar-refractivity contribution in [3.63, 3.8) is 0 Å². The van der Waals surface area contributed by atoms with E-state index >= 15 is 0 Å². The second-order valence-electron chi connectivity index (χ2n) is 5.36. The van der Waals surface area contributed by atoms with Crippen LogP contribution in [-0.4, -0.2) is 43.5 Å². The molecule has 0 aromatic rings.